The van der Waals surface area contributed by atoms with E-state index < -0.39 is 0 Å². The van der Waals surface area contributed by atoms with E-state index in [0.717, 1.165) is 4.47 Å². The lowest BCUT2D eigenvalue weighted by Crippen LogP contribution is -2.21. The molecule has 1 amide bonds. The number of benzene rings is 1. The van der Waals surface area contributed by atoms with Crippen molar-refractivity contribution >= 4 is 21.8 Å². The minimum Gasteiger partial charge on any atom is -0.424 e. The summed E-state index contributed by atoms with van der Waals surface area (Å²) in [6.07, 6.45) is 3.19. The molecule has 0 saturated heterocycles. The summed E-state index contributed by atoms with van der Waals surface area (Å²) < 4.78 is 6.26. The Labute approximate surface area is 119 Å². The molecule has 0 fully saturated rings. The number of ether oxygens (including phenoxy) is 1. The third-order valence-electron chi connectivity index (χ3n) is 2.29. The number of halogens is 1. The van der Waals surface area contributed by atoms with Crippen molar-refractivity contribution in [2.45, 2.75) is 0 Å². The lowest BCUT2D eigenvalue weighted by molar-refractivity contribution is 0.0827. The van der Waals surface area contributed by atoms with Crippen molar-refractivity contribution in [3.63, 3.8) is 0 Å². The fourth-order valence-corrected chi connectivity index (χ4v) is 1.61. The van der Waals surface area contributed by atoms with Crippen LogP contribution < -0.4 is 4.74 Å². The normalized spacial score (nSPS) is 10.1. The number of aromatic nitrogens is 2. The zero-order chi connectivity index (χ0) is 13.8. The van der Waals surface area contributed by atoms with Crippen molar-refractivity contribution in [1.29, 1.82) is 0 Å². The van der Waals surface area contributed by atoms with Crippen LogP contribution in [0.2, 0.25) is 0 Å². The van der Waals surface area contributed by atoms with Crippen molar-refractivity contribution in [1.82, 2.24) is 14.9 Å². The van der Waals surface area contributed by atoms with Crippen LogP contribution in [0, 0.1) is 0 Å². The van der Waals surface area contributed by atoms with Gasteiger partial charge in [0.2, 0.25) is 0 Å². The highest BCUT2D eigenvalue weighted by atomic mass is 79.9. The quantitative estimate of drug-likeness (QED) is 0.872. The highest BCUT2D eigenvalue weighted by molar-refractivity contribution is 9.10. The number of hydrogen-bond donors (Lipinski definition) is 0. The van der Waals surface area contributed by atoms with E-state index in [4.69, 9.17) is 4.74 Å². The lowest BCUT2D eigenvalue weighted by Gasteiger charge is -2.11. The zero-order valence-electron chi connectivity index (χ0n) is 10.5. The Balaban J connectivity index is 2.19. The van der Waals surface area contributed by atoms with Gasteiger partial charge in [-0.05, 0) is 34.1 Å². The molecule has 2 aromatic rings. The van der Waals surface area contributed by atoms with E-state index >= 15 is 0 Å². The molecule has 0 aliphatic carbocycles. The van der Waals surface area contributed by atoms with Crippen molar-refractivity contribution < 1.29 is 9.53 Å². The van der Waals surface area contributed by atoms with E-state index in [0.29, 0.717) is 11.3 Å². The maximum atomic E-state index is 11.8. The molecule has 0 aliphatic rings. The Morgan fingerprint density at radius 1 is 1.26 bits per heavy atom. The van der Waals surface area contributed by atoms with Gasteiger partial charge < -0.3 is 9.64 Å². The summed E-state index contributed by atoms with van der Waals surface area (Å²) in [5, 5.41) is 0. The molecule has 0 spiro atoms. The van der Waals surface area contributed by atoms with Gasteiger partial charge in [0.15, 0.2) is 0 Å². The van der Waals surface area contributed by atoms with Crippen LogP contribution in [0.3, 0.4) is 0 Å². The summed E-state index contributed by atoms with van der Waals surface area (Å²) in [4.78, 5) is 21.4. The first-order valence-electron chi connectivity index (χ1n) is 5.53. The molecule has 0 radical (unpaired) electrons. The fraction of sp³-hybridized carbons (Fsp3) is 0.154. The number of carbonyl (C=O) groups excluding carboxylic acids is 1. The van der Waals surface area contributed by atoms with Gasteiger partial charge in [0.1, 0.15) is 5.75 Å². The van der Waals surface area contributed by atoms with E-state index in [1.165, 1.54) is 4.90 Å². The molecule has 0 atom stereocenters. The van der Waals surface area contributed by atoms with Crippen LogP contribution in [-0.2, 0) is 0 Å². The SMILES string of the molecule is CN(C)C(=O)c1cccc(Oc2ncc(Br)cn2)c1. The summed E-state index contributed by atoms with van der Waals surface area (Å²) >= 11 is 3.25. The number of carbonyl (C=O) groups is 1. The van der Waals surface area contributed by atoms with Crippen molar-refractivity contribution in [2.75, 3.05) is 14.1 Å². The monoisotopic (exact) mass is 321 g/mol. The standard InChI is InChI=1S/C13H12BrN3O2/c1-17(2)12(18)9-4-3-5-11(6-9)19-13-15-7-10(14)8-16-13/h3-8H,1-2H3. The summed E-state index contributed by atoms with van der Waals surface area (Å²) in [5.74, 6) is 0.442. The Kier molecular flexibility index (Phi) is 4.11. The van der Waals surface area contributed by atoms with Crippen LogP contribution in [-0.4, -0.2) is 34.9 Å². The Hall–Kier alpha value is -1.95. The molecule has 0 N–H and O–H groups in total. The largest absolute Gasteiger partial charge is 0.424 e. The number of rotatable bonds is 3. The molecule has 5 nitrogen and oxygen atoms in total. The second-order valence-corrected chi connectivity index (χ2v) is 4.93. The predicted molar refractivity (Wildman–Crippen MR) is 74.3 cm³/mol. The van der Waals surface area contributed by atoms with Gasteiger partial charge in [0.05, 0.1) is 4.47 Å². The van der Waals surface area contributed by atoms with Gasteiger partial charge in [-0.3, -0.25) is 4.79 Å². The van der Waals surface area contributed by atoms with Gasteiger partial charge in [0.25, 0.3) is 5.91 Å². The smallest absolute Gasteiger partial charge is 0.321 e. The highest BCUT2D eigenvalue weighted by Crippen LogP contribution is 2.20. The Morgan fingerprint density at radius 3 is 2.58 bits per heavy atom. The first-order chi connectivity index (χ1) is 9.06. The molecule has 2 rings (SSSR count). The van der Waals surface area contributed by atoms with Gasteiger partial charge in [0, 0.05) is 32.1 Å². The molecule has 98 valence electrons. The molecule has 1 aromatic carbocycles. The minimum atomic E-state index is -0.0813. The van der Waals surface area contributed by atoms with Crippen LogP contribution in [0.5, 0.6) is 11.8 Å². The molecule has 6 heteroatoms. The maximum absolute atomic E-state index is 11.8. The van der Waals surface area contributed by atoms with E-state index in [2.05, 4.69) is 25.9 Å². The van der Waals surface area contributed by atoms with Gasteiger partial charge in [-0.1, -0.05) is 6.07 Å². The fourth-order valence-electron chi connectivity index (χ4n) is 1.41. The van der Waals surface area contributed by atoms with Crippen LogP contribution in [0.25, 0.3) is 0 Å². The average Bonchev–Trinajstić information content (AvgIpc) is 2.41. The molecule has 0 aliphatic heterocycles. The van der Waals surface area contributed by atoms with E-state index in [1.807, 2.05) is 0 Å². The number of nitrogens with zero attached hydrogens (tertiary/aromatic N) is 3. The highest BCUT2D eigenvalue weighted by Gasteiger charge is 2.09. The summed E-state index contributed by atoms with van der Waals surface area (Å²) in [7, 11) is 3.40. The van der Waals surface area contributed by atoms with Gasteiger partial charge in [-0.25, -0.2) is 9.97 Å². The minimum absolute atomic E-state index is 0.0813. The lowest BCUT2D eigenvalue weighted by atomic mass is 10.2. The van der Waals surface area contributed by atoms with E-state index in [1.54, 1.807) is 50.8 Å². The van der Waals surface area contributed by atoms with Gasteiger partial charge >= 0.3 is 6.01 Å². The number of hydrogen-bond acceptors (Lipinski definition) is 4. The van der Waals surface area contributed by atoms with Crippen LogP contribution in [0.4, 0.5) is 0 Å². The topological polar surface area (TPSA) is 55.3 Å². The Morgan fingerprint density at radius 2 is 1.95 bits per heavy atom. The maximum Gasteiger partial charge on any atom is 0.321 e. The molecular weight excluding hydrogens is 310 g/mol. The zero-order valence-corrected chi connectivity index (χ0v) is 12.1. The Bertz CT molecular complexity index is 585. The third kappa shape index (κ3) is 3.51. The number of amides is 1. The van der Waals surface area contributed by atoms with Crippen LogP contribution >= 0.6 is 15.9 Å². The molecular formula is C13H12BrN3O2. The molecule has 0 bridgehead atoms. The molecule has 19 heavy (non-hydrogen) atoms. The molecule has 1 aromatic heterocycles. The summed E-state index contributed by atoms with van der Waals surface area (Å²) in [5.41, 5.74) is 0.555. The van der Waals surface area contributed by atoms with Crippen LogP contribution in [0.1, 0.15) is 10.4 Å². The average molecular weight is 322 g/mol. The van der Waals surface area contributed by atoms with Crippen molar-refractivity contribution in [3.8, 4) is 11.8 Å². The van der Waals surface area contributed by atoms with Gasteiger partial charge in [-0.15, -0.1) is 0 Å². The molecule has 0 unspecified atom stereocenters. The van der Waals surface area contributed by atoms with Gasteiger partial charge in [-0.2, -0.15) is 0 Å². The third-order valence-corrected chi connectivity index (χ3v) is 2.70. The first kappa shape index (κ1) is 13.5. The molecule has 1 heterocycles. The van der Waals surface area contributed by atoms with E-state index in [-0.39, 0.29) is 11.9 Å². The summed E-state index contributed by atoms with van der Waals surface area (Å²) in [6, 6.07) is 7.13. The second-order valence-electron chi connectivity index (χ2n) is 4.01. The first-order valence-corrected chi connectivity index (χ1v) is 6.32. The van der Waals surface area contributed by atoms with E-state index in [9.17, 15) is 4.79 Å². The second kappa shape index (κ2) is 5.79. The summed E-state index contributed by atoms with van der Waals surface area (Å²) in [6.45, 7) is 0. The van der Waals surface area contributed by atoms with Crippen molar-refractivity contribution in [3.05, 3.63) is 46.7 Å². The van der Waals surface area contributed by atoms with Crippen LogP contribution in [0.15, 0.2) is 41.1 Å². The molecule has 0 saturated carbocycles. The predicted octanol–water partition coefficient (Wildman–Crippen LogP) is 2.73. The van der Waals surface area contributed by atoms with Crippen molar-refractivity contribution in [2.24, 2.45) is 0 Å².